The Kier molecular flexibility index (Phi) is 3.65. The molecular weight excluding hydrogens is 256 g/mol. The van der Waals surface area contributed by atoms with Gasteiger partial charge in [0.2, 0.25) is 5.95 Å². The highest BCUT2D eigenvalue weighted by Gasteiger charge is 2.17. The Bertz CT molecular complexity index is 626. The molecule has 6 heteroatoms. The van der Waals surface area contributed by atoms with Gasteiger partial charge in [0, 0.05) is 20.3 Å². The monoisotopic (exact) mass is 276 g/mol. The van der Waals surface area contributed by atoms with E-state index < -0.39 is 5.60 Å². The summed E-state index contributed by atoms with van der Waals surface area (Å²) in [6.45, 7) is 5.57. The summed E-state index contributed by atoms with van der Waals surface area (Å²) < 4.78 is 6.98. The molecule has 0 unspecified atom stereocenters. The number of nitrogens with zero attached hydrogens (tertiary/aromatic N) is 4. The number of carbonyl (C=O) groups is 1. The van der Waals surface area contributed by atoms with E-state index in [4.69, 9.17) is 4.74 Å². The van der Waals surface area contributed by atoms with Crippen molar-refractivity contribution in [2.24, 2.45) is 0 Å². The van der Waals surface area contributed by atoms with Gasteiger partial charge in [0.05, 0.1) is 6.42 Å². The largest absolute Gasteiger partial charge is 0.460 e. The van der Waals surface area contributed by atoms with Crippen LogP contribution in [-0.2, 0) is 16.0 Å². The molecule has 0 bridgehead atoms. The summed E-state index contributed by atoms with van der Waals surface area (Å²) in [5.74, 6) is 0.393. The molecule has 0 saturated heterocycles. The highest BCUT2D eigenvalue weighted by atomic mass is 16.6. The fourth-order valence-corrected chi connectivity index (χ4v) is 1.75. The van der Waals surface area contributed by atoms with Crippen molar-refractivity contribution in [2.45, 2.75) is 32.8 Å². The van der Waals surface area contributed by atoms with Crippen LogP contribution in [0.3, 0.4) is 0 Å². The van der Waals surface area contributed by atoms with E-state index in [1.807, 2.05) is 51.9 Å². The van der Waals surface area contributed by atoms with Crippen LogP contribution in [0.2, 0.25) is 0 Å². The smallest absolute Gasteiger partial charge is 0.310 e. The number of pyridine rings is 1. The Balaban J connectivity index is 2.17. The van der Waals surface area contributed by atoms with Crippen molar-refractivity contribution in [3.8, 4) is 0 Å². The molecule has 0 spiro atoms. The molecule has 0 aliphatic heterocycles. The molecular formula is C14H20N4O2. The van der Waals surface area contributed by atoms with Gasteiger partial charge in [0.15, 0.2) is 5.65 Å². The Morgan fingerprint density at radius 3 is 2.65 bits per heavy atom. The SMILES string of the molecule is CN(C)c1nc2ccc(CC(=O)OC(C)(C)C)cn2n1. The first-order valence-electron chi connectivity index (χ1n) is 6.49. The average molecular weight is 276 g/mol. The van der Waals surface area contributed by atoms with E-state index in [0.717, 1.165) is 11.2 Å². The molecule has 0 fully saturated rings. The van der Waals surface area contributed by atoms with Gasteiger partial charge >= 0.3 is 5.97 Å². The van der Waals surface area contributed by atoms with Gasteiger partial charge in [-0.15, -0.1) is 5.10 Å². The number of rotatable bonds is 3. The number of hydrogen-bond acceptors (Lipinski definition) is 5. The number of aromatic nitrogens is 3. The lowest BCUT2D eigenvalue weighted by atomic mass is 10.2. The van der Waals surface area contributed by atoms with Crippen molar-refractivity contribution in [3.63, 3.8) is 0 Å². The zero-order chi connectivity index (χ0) is 14.9. The van der Waals surface area contributed by atoms with Crippen molar-refractivity contribution in [1.29, 1.82) is 0 Å². The molecule has 0 N–H and O–H groups in total. The van der Waals surface area contributed by atoms with Crippen LogP contribution in [0.1, 0.15) is 26.3 Å². The van der Waals surface area contributed by atoms with E-state index >= 15 is 0 Å². The summed E-state index contributed by atoms with van der Waals surface area (Å²) >= 11 is 0. The lowest BCUT2D eigenvalue weighted by Crippen LogP contribution is -2.25. The molecule has 108 valence electrons. The molecule has 0 atom stereocenters. The Morgan fingerprint density at radius 1 is 1.35 bits per heavy atom. The maximum absolute atomic E-state index is 11.8. The fourth-order valence-electron chi connectivity index (χ4n) is 1.75. The molecule has 2 aromatic heterocycles. The summed E-state index contributed by atoms with van der Waals surface area (Å²) in [6, 6.07) is 3.72. The quantitative estimate of drug-likeness (QED) is 0.798. The lowest BCUT2D eigenvalue weighted by molar-refractivity contribution is -0.153. The van der Waals surface area contributed by atoms with Crippen LogP contribution >= 0.6 is 0 Å². The summed E-state index contributed by atoms with van der Waals surface area (Å²) in [5, 5.41) is 4.33. The normalized spacial score (nSPS) is 11.7. The molecule has 0 aliphatic rings. The molecule has 0 radical (unpaired) electrons. The van der Waals surface area contributed by atoms with Crippen LogP contribution in [0, 0.1) is 0 Å². The first-order valence-corrected chi connectivity index (χ1v) is 6.49. The molecule has 20 heavy (non-hydrogen) atoms. The maximum Gasteiger partial charge on any atom is 0.310 e. The molecule has 2 rings (SSSR count). The van der Waals surface area contributed by atoms with Gasteiger partial charge in [-0.3, -0.25) is 4.79 Å². The van der Waals surface area contributed by atoms with Gasteiger partial charge in [0.1, 0.15) is 5.60 Å². The van der Waals surface area contributed by atoms with Gasteiger partial charge in [-0.25, -0.2) is 4.52 Å². The summed E-state index contributed by atoms with van der Waals surface area (Å²) in [7, 11) is 3.77. The van der Waals surface area contributed by atoms with Crippen molar-refractivity contribution in [2.75, 3.05) is 19.0 Å². The van der Waals surface area contributed by atoms with Crippen LogP contribution in [-0.4, -0.2) is 40.3 Å². The van der Waals surface area contributed by atoms with E-state index in [-0.39, 0.29) is 12.4 Å². The van der Waals surface area contributed by atoms with E-state index in [1.165, 1.54) is 0 Å². The molecule has 0 aromatic carbocycles. The van der Waals surface area contributed by atoms with Crippen LogP contribution in [0.5, 0.6) is 0 Å². The third-order valence-corrected chi connectivity index (χ3v) is 2.55. The van der Waals surface area contributed by atoms with Gasteiger partial charge in [-0.1, -0.05) is 6.07 Å². The van der Waals surface area contributed by atoms with E-state index in [2.05, 4.69) is 10.1 Å². The van der Waals surface area contributed by atoms with Crippen LogP contribution in [0.25, 0.3) is 5.65 Å². The van der Waals surface area contributed by atoms with Gasteiger partial charge < -0.3 is 9.64 Å². The fraction of sp³-hybridized carbons (Fsp3) is 0.500. The van der Waals surface area contributed by atoms with Crippen molar-refractivity contribution >= 4 is 17.6 Å². The van der Waals surface area contributed by atoms with Crippen molar-refractivity contribution in [1.82, 2.24) is 14.6 Å². The predicted octanol–water partition coefficient (Wildman–Crippen LogP) is 1.68. The standard InChI is InChI=1S/C14H20N4O2/c1-14(2,3)20-12(19)8-10-6-7-11-15-13(17(4)5)16-18(11)9-10/h6-7,9H,8H2,1-5H3. The van der Waals surface area contributed by atoms with Crippen LogP contribution in [0.4, 0.5) is 5.95 Å². The van der Waals surface area contributed by atoms with Crippen molar-refractivity contribution < 1.29 is 9.53 Å². The summed E-state index contributed by atoms with van der Waals surface area (Å²) in [4.78, 5) is 18.0. The molecule has 2 aromatic rings. The van der Waals surface area contributed by atoms with Gasteiger partial charge in [-0.2, -0.15) is 4.98 Å². The van der Waals surface area contributed by atoms with Gasteiger partial charge in [-0.05, 0) is 32.4 Å². The summed E-state index contributed by atoms with van der Waals surface area (Å²) in [6.07, 6.45) is 2.03. The zero-order valence-corrected chi connectivity index (χ0v) is 12.5. The number of ether oxygens (including phenoxy) is 1. The van der Waals surface area contributed by atoms with Gasteiger partial charge in [0.25, 0.3) is 0 Å². The lowest BCUT2D eigenvalue weighted by Gasteiger charge is -2.19. The average Bonchev–Trinajstić information content (AvgIpc) is 2.69. The Labute approximate surface area is 118 Å². The first-order chi connectivity index (χ1) is 9.24. The second-order valence-electron chi connectivity index (χ2n) is 5.91. The third kappa shape index (κ3) is 3.46. The Morgan fingerprint density at radius 2 is 2.05 bits per heavy atom. The number of esters is 1. The first kappa shape index (κ1) is 14.3. The van der Waals surface area contributed by atoms with E-state index in [0.29, 0.717) is 5.95 Å². The Hall–Kier alpha value is -2.11. The van der Waals surface area contributed by atoms with Crippen molar-refractivity contribution in [3.05, 3.63) is 23.9 Å². The highest BCUT2D eigenvalue weighted by Crippen LogP contribution is 2.12. The minimum absolute atomic E-state index is 0.227. The zero-order valence-electron chi connectivity index (χ0n) is 12.5. The third-order valence-electron chi connectivity index (χ3n) is 2.55. The molecule has 0 saturated carbocycles. The van der Waals surface area contributed by atoms with Crippen LogP contribution in [0.15, 0.2) is 18.3 Å². The maximum atomic E-state index is 11.8. The second-order valence-corrected chi connectivity index (χ2v) is 5.91. The molecule has 0 aliphatic carbocycles. The minimum atomic E-state index is -0.466. The topological polar surface area (TPSA) is 59.7 Å². The number of hydrogen-bond donors (Lipinski definition) is 0. The number of carbonyl (C=O) groups excluding carboxylic acids is 1. The molecule has 2 heterocycles. The number of anilines is 1. The predicted molar refractivity (Wildman–Crippen MR) is 76.9 cm³/mol. The minimum Gasteiger partial charge on any atom is -0.460 e. The van der Waals surface area contributed by atoms with Crippen LogP contribution < -0.4 is 4.90 Å². The second kappa shape index (κ2) is 5.11. The number of fused-ring (bicyclic) bond motifs is 1. The highest BCUT2D eigenvalue weighted by molar-refractivity contribution is 5.73. The molecule has 6 nitrogen and oxygen atoms in total. The van der Waals surface area contributed by atoms with E-state index in [1.54, 1.807) is 10.7 Å². The molecule has 0 amide bonds. The van der Waals surface area contributed by atoms with E-state index in [9.17, 15) is 4.79 Å². The summed E-state index contributed by atoms with van der Waals surface area (Å²) in [5.41, 5.74) is 1.13.